The molecule has 0 aliphatic rings. The molecule has 10 aromatic rings. The predicted molar refractivity (Wildman–Crippen MR) is 207 cm³/mol. The summed E-state index contributed by atoms with van der Waals surface area (Å²) in [5.41, 5.74) is 1.33. The lowest BCUT2D eigenvalue weighted by Crippen LogP contribution is -1.92. The maximum Gasteiger partial charge on any atom is 0.253 e. The van der Waals surface area contributed by atoms with Crippen LogP contribution >= 0.6 is 114 Å². The monoisotopic (exact) mass is 784 g/mol. The minimum absolute atomic E-state index is 0.122. The first-order chi connectivity index (χ1) is 22.3. The number of carbonyl (C=O) groups is 2. The molecular weight excluding hydrogens is 776 g/mol. The first kappa shape index (κ1) is 29.5. The smallest absolute Gasteiger partial charge is 0.253 e. The lowest BCUT2D eigenvalue weighted by atomic mass is 10.2. The van der Waals surface area contributed by atoms with Crippen LogP contribution in [0.2, 0.25) is 0 Å². The maximum absolute atomic E-state index is 12.7. The molecule has 46 heavy (non-hydrogen) atoms. The summed E-state index contributed by atoms with van der Waals surface area (Å²) in [6, 6.07) is 11.4. The second kappa shape index (κ2) is 11.0. The lowest BCUT2D eigenvalue weighted by Gasteiger charge is -1.96. The zero-order valence-corrected chi connectivity index (χ0v) is 30.5. The molecule has 0 fully saturated rings. The summed E-state index contributed by atoms with van der Waals surface area (Å²) in [7, 11) is 0. The number of fused-ring (bicyclic) bond motifs is 10. The standard InChI is InChI=1S/C16H6Cl2O2S4.C16H4O2S4/c17-15(19)7-1-3-21-13(7)11-5-9-10(23-11)6-12(24-9)14-8(16(18)20)2-4-22-14;17-9-5-1-3-19-11(5)13-7(9)15-16(21-13)8-10(18)6-2-4-20-12(6)14(8)22-15/h1-6H;1-4H. The molecule has 8 heterocycles. The van der Waals surface area contributed by atoms with Crippen molar-refractivity contribution < 1.29 is 9.59 Å². The molecule has 0 spiro atoms. The van der Waals surface area contributed by atoms with Crippen molar-refractivity contribution in [2.45, 2.75) is 0 Å². The van der Waals surface area contributed by atoms with E-state index in [4.69, 9.17) is 23.2 Å². The Kier molecular flexibility index (Phi) is 7.03. The first-order valence-electron chi connectivity index (χ1n) is 13.2. The third-order valence-corrected chi connectivity index (χ3v) is 17.2. The number of thiophene rings is 8. The Balaban J connectivity index is 0.000000127. The SMILES string of the molecule is O=C(Cl)c1ccsc1-c1cc2sc(-c3sccc3C(=O)Cl)cc2s1.O=c1c2ccsc2c2sc3c(sc4c5sccc5c(=O)c43)c12. The number of hydrogen-bond donors (Lipinski definition) is 0. The van der Waals surface area contributed by atoms with Crippen molar-refractivity contribution in [3.63, 3.8) is 0 Å². The van der Waals surface area contributed by atoms with Gasteiger partial charge in [-0.25, -0.2) is 0 Å². The van der Waals surface area contributed by atoms with Crippen molar-refractivity contribution in [3.05, 3.63) is 89.5 Å². The Morgan fingerprint density at radius 2 is 0.891 bits per heavy atom. The van der Waals surface area contributed by atoms with Gasteiger partial charge < -0.3 is 0 Å². The van der Waals surface area contributed by atoms with Crippen LogP contribution < -0.4 is 10.9 Å². The van der Waals surface area contributed by atoms with Gasteiger partial charge >= 0.3 is 0 Å². The number of hydrogen-bond acceptors (Lipinski definition) is 12. The quantitative estimate of drug-likeness (QED) is 0.167. The van der Waals surface area contributed by atoms with Crippen LogP contribution in [-0.4, -0.2) is 10.5 Å². The number of rotatable bonds is 4. The van der Waals surface area contributed by atoms with E-state index in [9.17, 15) is 19.2 Å². The second-order valence-electron chi connectivity index (χ2n) is 10.1. The highest BCUT2D eigenvalue weighted by Crippen LogP contribution is 2.49. The molecule has 0 saturated carbocycles. The molecular formula is C32H10Cl2O4S8. The van der Waals surface area contributed by atoms with Crippen molar-refractivity contribution in [1.29, 1.82) is 0 Å². The second-order valence-corrected chi connectivity index (χ2v) is 18.6. The Labute approximate surface area is 299 Å². The van der Waals surface area contributed by atoms with E-state index >= 15 is 0 Å². The van der Waals surface area contributed by atoms with Crippen LogP contribution in [0.3, 0.4) is 0 Å². The molecule has 0 N–H and O–H groups in total. The zero-order chi connectivity index (χ0) is 31.4. The van der Waals surface area contributed by atoms with E-state index in [1.54, 1.807) is 80.2 Å². The molecule has 4 nitrogen and oxygen atoms in total. The molecule has 0 radical (unpaired) electrons. The van der Waals surface area contributed by atoms with Crippen molar-refractivity contribution in [3.8, 4) is 19.5 Å². The fourth-order valence-electron chi connectivity index (χ4n) is 5.63. The Morgan fingerprint density at radius 1 is 0.500 bits per heavy atom. The maximum atomic E-state index is 12.7. The van der Waals surface area contributed by atoms with Crippen molar-refractivity contribution in [2.75, 3.05) is 0 Å². The molecule has 8 aromatic heterocycles. The van der Waals surface area contributed by atoms with Gasteiger partial charge in [0.05, 0.1) is 59.9 Å². The largest absolute Gasteiger partial charge is 0.288 e. The first-order valence-corrected chi connectivity index (χ1v) is 20.8. The molecule has 0 aliphatic carbocycles. The van der Waals surface area contributed by atoms with Crippen LogP contribution in [0.15, 0.2) is 67.5 Å². The Hall–Kier alpha value is -2.62. The van der Waals surface area contributed by atoms with Crippen LogP contribution in [0.5, 0.6) is 0 Å². The molecule has 14 heteroatoms. The summed E-state index contributed by atoms with van der Waals surface area (Å²) >= 11 is 24.0. The predicted octanol–water partition coefficient (Wildman–Crippen LogP) is 12.5. The number of halogens is 2. The molecule has 0 unspecified atom stereocenters. The summed E-state index contributed by atoms with van der Waals surface area (Å²) in [5.74, 6) is 0. The fourth-order valence-corrected chi connectivity index (χ4v) is 15.5. The van der Waals surface area contributed by atoms with Gasteiger partial charge in [0.15, 0.2) is 10.9 Å². The van der Waals surface area contributed by atoms with E-state index < -0.39 is 10.5 Å². The van der Waals surface area contributed by atoms with Gasteiger partial charge in [0.1, 0.15) is 0 Å². The van der Waals surface area contributed by atoms with Crippen molar-refractivity contribution in [2.24, 2.45) is 0 Å². The molecule has 0 saturated heterocycles. The van der Waals surface area contributed by atoms with Crippen LogP contribution in [0.25, 0.3) is 78.7 Å². The van der Waals surface area contributed by atoms with Gasteiger partial charge in [-0.05, 0) is 81.1 Å². The van der Waals surface area contributed by atoms with Crippen molar-refractivity contribution in [1.82, 2.24) is 0 Å². The molecule has 224 valence electrons. The molecule has 2 aromatic carbocycles. The third-order valence-electron chi connectivity index (χ3n) is 7.62. The van der Waals surface area contributed by atoms with Crippen LogP contribution in [0, 0.1) is 0 Å². The van der Waals surface area contributed by atoms with Gasteiger partial charge in [0.2, 0.25) is 0 Å². The fraction of sp³-hybridized carbons (Fsp3) is 0. The summed E-state index contributed by atoms with van der Waals surface area (Å²) < 4.78 is 8.51. The van der Waals surface area contributed by atoms with E-state index in [0.29, 0.717) is 11.1 Å². The minimum Gasteiger partial charge on any atom is -0.288 e. The molecule has 0 atom stereocenters. The third kappa shape index (κ3) is 4.29. The van der Waals surface area contributed by atoms with E-state index in [2.05, 4.69) is 12.1 Å². The van der Waals surface area contributed by atoms with E-state index in [0.717, 1.165) is 78.7 Å². The molecule has 0 amide bonds. The summed E-state index contributed by atoms with van der Waals surface area (Å²) in [5, 5.41) is 10.1. The summed E-state index contributed by atoms with van der Waals surface area (Å²) in [6.45, 7) is 0. The van der Waals surface area contributed by atoms with Gasteiger partial charge in [-0.3, -0.25) is 19.2 Å². The summed E-state index contributed by atoms with van der Waals surface area (Å²) in [4.78, 5) is 52.2. The van der Waals surface area contributed by atoms with Gasteiger partial charge in [0, 0.05) is 29.9 Å². The van der Waals surface area contributed by atoms with Gasteiger partial charge in [0.25, 0.3) is 10.5 Å². The van der Waals surface area contributed by atoms with Crippen LogP contribution in [0.4, 0.5) is 0 Å². The number of carbonyl (C=O) groups excluding carboxylic acids is 2. The minimum atomic E-state index is -0.437. The normalized spacial score (nSPS) is 12.0. The highest BCUT2D eigenvalue weighted by Gasteiger charge is 2.24. The Morgan fingerprint density at radius 3 is 1.30 bits per heavy atom. The average Bonchev–Trinajstić information content (AvgIpc) is 3.84. The van der Waals surface area contributed by atoms with Crippen LogP contribution in [-0.2, 0) is 0 Å². The zero-order valence-electron chi connectivity index (χ0n) is 22.4. The van der Waals surface area contributed by atoms with Crippen LogP contribution in [0.1, 0.15) is 20.7 Å². The van der Waals surface area contributed by atoms with E-state index in [-0.39, 0.29) is 10.9 Å². The average molecular weight is 786 g/mol. The lowest BCUT2D eigenvalue weighted by molar-refractivity contribution is 0.107. The van der Waals surface area contributed by atoms with Gasteiger partial charge in [-0.15, -0.1) is 90.7 Å². The summed E-state index contributed by atoms with van der Waals surface area (Å²) in [6.07, 6.45) is 0. The van der Waals surface area contributed by atoms with E-state index in [1.807, 2.05) is 33.7 Å². The van der Waals surface area contributed by atoms with Crippen molar-refractivity contribution >= 4 is 184 Å². The van der Waals surface area contributed by atoms with Gasteiger partial charge in [-0.1, -0.05) is 0 Å². The highest BCUT2D eigenvalue weighted by molar-refractivity contribution is 7.40. The molecule has 10 rings (SSSR count). The van der Waals surface area contributed by atoms with E-state index in [1.165, 1.54) is 22.7 Å². The Bertz CT molecular complexity index is 2710. The highest BCUT2D eigenvalue weighted by atomic mass is 35.5. The molecule has 0 bridgehead atoms. The molecule has 0 aliphatic heterocycles. The topological polar surface area (TPSA) is 68.3 Å². The van der Waals surface area contributed by atoms with Gasteiger partial charge in [-0.2, -0.15) is 0 Å².